The summed E-state index contributed by atoms with van der Waals surface area (Å²) in [5, 5.41) is 0. The zero-order chi connectivity index (χ0) is 8.97. The average Bonchev–Trinajstić information content (AvgIpc) is 2.03. The molecular formula is C9H11N3. The number of anilines is 1. The van der Waals surface area contributed by atoms with Crippen LogP contribution in [0.5, 0.6) is 0 Å². The van der Waals surface area contributed by atoms with Gasteiger partial charge in [-0.3, -0.25) is 0 Å². The number of aromatic nitrogens is 2. The molecule has 2 N–H and O–H groups in total. The summed E-state index contributed by atoms with van der Waals surface area (Å²) in [4.78, 5) is 7.86. The van der Waals surface area contributed by atoms with Gasteiger partial charge in [0.2, 0.25) is 0 Å². The Bertz CT molecular complexity index is 303. The maximum absolute atomic E-state index is 5.36. The van der Waals surface area contributed by atoms with E-state index < -0.39 is 0 Å². The molecule has 0 saturated carbocycles. The first-order valence-corrected chi connectivity index (χ1v) is 3.77. The van der Waals surface area contributed by atoms with E-state index in [1.165, 1.54) is 6.20 Å². The fourth-order valence-electron chi connectivity index (χ4n) is 0.621. The fourth-order valence-corrected chi connectivity index (χ4v) is 0.621. The van der Waals surface area contributed by atoms with Gasteiger partial charge in [0.1, 0.15) is 11.5 Å². The molecule has 3 nitrogen and oxygen atoms in total. The Kier molecular flexibility index (Phi) is 2.65. The molecule has 0 bridgehead atoms. The minimum atomic E-state index is 0.351. The largest absolute Gasteiger partial charge is 0.382 e. The lowest BCUT2D eigenvalue weighted by Crippen LogP contribution is -1.92. The second kappa shape index (κ2) is 3.72. The van der Waals surface area contributed by atoms with E-state index in [-0.39, 0.29) is 0 Å². The summed E-state index contributed by atoms with van der Waals surface area (Å²) in [6, 6.07) is 0. The normalized spacial score (nSPS) is 9.25. The molecule has 0 radical (unpaired) electrons. The molecule has 3 heteroatoms. The first-order valence-electron chi connectivity index (χ1n) is 3.77. The smallest absolute Gasteiger partial charge is 0.141 e. The van der Waals surface area contributed by atoms with Gasteiger partial charge in [-0.15, -0.1) is 0 Å². The van der Waals surface area contributed by atoms with Gasteiger partial charge < -0.3 is 5.73 Å². The van der Waals surface area contributed by atoms with Gasteiger partial charge in [0.15, 0.2) is 0 Å². The van der Waals surface area contributed by atoms with E-state index in [2.05, 4.69) is 21.8 Å². The third kappa shape index (κ3) is 2.59. The molecule has 1 aromatic heterocycles. The van der Waals surface area contributed by atoms with E-state index in [9.17, 15) is 0 Å². The number of rotatable bonds is 0. The second-order valence-electron chi connectivity index (χ2n) is 2.75. The quantitative estimate of drug-likeness (QED) is 0.579. The number of nitrogens with zero attached hydrogens (tertiary/aromatic N) is 2. The Hall–Kier alpha value is -1.56. The van der Waals surface area contributed by atoms with E-state index in [4.69, 9.17) is 5.73 Å². The molecule has 1 heterocycles. The first-order chi connectivity index (χ1) is 5.68. The lowest BCUT2D eigenvalue weighted by atomic mass is 10.2. The van der Waals surface area contributed by atoms with Crippen LogP contribution in [0.25, 0.3) is 0 Å². The van der Waals surface area contributed by atoms with Crippen molar-refractivity contribution in [1.29, 1.82) is 0 Å². The van der Waals surface area contributed by atoms with E-state index in [1.54, 1.807) is 6.20 Å². The van der Waals surface area contributed by atoms with Crippen molar-refractivity contribution < 1.29 is 0 Å². The van der Waals surface area contributed by atoms with Crippen molar-refractivity contribution >= 4 is 5.82 Å². The molecule has 0 aliphatic carbocycles. The zero-order valence-corrected chi connectivity index (χ0v) is 7.20. The molecule has 0 aliphatic rings. The predicted octanol–water partition coefficient (Wildman–Crippen LogP) is 1.07. The summed E-state index contributed by atoms with van der Waals surface area (Å²) in [5.41, 5.74) is 6.03. The summed E-state index contributed by atoms with van der Waals surface area (Å²) in [6.07, 6.45) is 3.08. The molecule has 62 valence electrons. The van der Waals surface area contributed by atoms with Gasteiger partial charge in [0.05, 0.1) is 12.4 Å². The molecule has 0 amide bonds. The third-order valence-corrected chi connectivity index (χ3v) is 1.16. The van der Waals surface area contributed by atoms with Crippen molar-refractivity contribution in [3.05, 3.63) is 18.1 Å². The van der Waals surface area contributed by atoms with Crippen molar-refractivity contribution in [3.63, 3.8) is 0 Å². The Morgan fingerprint density at radius 3 is 2.58 bits per heavy atom. The van der Waals surface area contributed by atoms with Crippen molar-refractivity contribution in [1.82, 2.24) is 9.97 Å². The highest BCUT2D eigenvalue weighted by Gasteiger charge is 1.89. The van der Waals surface area contributed by atoms with Gasteiger partial charge >= 0.3 is 0 Å². The van der Waals surface area contributed by atoms with E-state index in [0.717, 1.165) is 0 Å². The Balaban J connectivity index is 2.79. The van der Waals surface area contributed by atoms with Gasteiger partial charge in [-0.25, -0.2) is 9.97 Å². The summed E-state index contributed by atoms with van der Waals surface area (Å²) >= 11 is 0. The van der Waals surface area contributed by atoms with Crippen LogP contribution in [0.4, 0.5) is 5.82 Å². The summed E-state index contributed by atoms with van der Waals surface area (Å²) in [7, 11) is 0. The van der Waals surface area contributed by atoms with Crippen molar-refractivity contribution in [3.8, 4) is 11.8 Å². The third-order valence-electron chi connectivity index (χ3n) is 1.16. The number of nitrogens with two attached hydrogens (primary N) is 1. The highest BCUT2D eigenvalue weighted by Crippen LogP contribution is 1.94. The maximum Gasteiger partial charge on any atom is 0.141 e. The molecule has 0 unspecified atom stereocenters. The maximum atomic E-state index is 5.36. The number of hydrogen-bond acceptors (Lipinski definition) is 3. The Morgan fingerprint density at radius 1 is 1.33 bits per heavy atom. The number of nitrogen functional groups attached to an aromatic ring is 1. The lowest BCUT2D eigenvalue weighted by Gasteiger charge is -1.91. The Morgan fingerprint density at radius 2 is 2.08 bits per heavy atom. The van der Waals surface area contributed by atoms with Crippen LogP contribution in [0.3, 0.4) is 0 Å². The molecule has 0 aromatic carbocycles. The molecule has 0 spiro atoms. The van der Waals surface area contributed by atoms with E-state index in [1.807, 2.05) is 13.8 Å². The second-order valence-corrected chi connectivity index (χ2v) is 2.75. The molecule has 0 aliphatic heterocycles. The average molecular weight is 161 g/mol. The molecule has 12 heavy (non-hydrogen) atoms. The van der Waals surface area contributed by atoms with Crippen LogP contribution in [-0.4, -0.2) is 9.97 Å². The van der Waals surface area contributed by atoms with Gasteiger partial charge in [-0.2, -0.15) is 0 Å². The minimum absolute atomic E-state index is 0.351. The predicted molar refractivity (Wildman–Crippen MR) is 48.2 cm³/mol. The van der Waals surface area contributed by atoms with E-state index in [0.29, 0.717) is 17.4 Å². The van der Waals surface area contributed by atoms with Crippen LogP contribution in [0.1, 0.15) is 19.5 Å². The molecule has 1 aromatic rings. The topological polar surface area (TPSA) is 51.8 Å². The molecule has 0 fully saturated rings. The van der Waals surface area contributed by atoms with Gasteiger partial charge in [-0.05, 0) is 5.92 Å². The molecule has 0 saturated heterocycles. The highest BCUT2D eigenvalue weighted by atomic mass is 14.9. The van der Waals surface area contributed by atoms with Crippen molar-refractivity contribution in [2.24, 2.45) is 5.92 Å². The van der Waals surface area contributed by atoms with E-state index >= 15 is 0 Å². The summed E-state index contributed by atoms with van der Waals surface area (Å²) < 4.78 is 0. The minimum Gasteiger partial charge on any atom is -0.382 e. The van der Waals surface area contributed by atoms with Gasteiger partial charge in [0.25, 0.3) is 0 Å². The van der Waals surface area contributed by atoms with Crippen LogP contribution in [0.2, 0.25) is 0 Å². The van der Waals surface area contributed by atoms with Crippen molar-refractivity contribution in [2.45, 2.75) is 13.8 Å². The van der Waals surface area contributed by atoms with Crippen LogP contribution < -0.4 is 5.73 Å². The first kappa shape index (κ1) is 8.54. The van der Waals surface area contributed by atoms with Gasteiger partial charge in [0, 0.05) is 5.92 Å². The summed E-state index contributed by atoms with van der Waals surface area (Å²) in [5.74, 6) is 6.65. The lowest BCUT2D eigenvalue weighted by molar-refractivity contribution is 0.866. The molecule has 1 rings (SSSR count). The fraction of sp³-hybridized carbons (Fsp3) is 0.333. The van der Waals surface area contributed by atoms with Crippen LogP contribution >= 0.6 is 0 Å². The monoisotopic (exact) mass is 161 g/mol. The SMILES string of the molecule is CC(C)C#Cc1cnc(N)cn1. The van der Waals surface area contributed by atoms with Crippen LogP contribution in [0.15, 0.2) is 12.4 Å². The molecular weight excluding hydrogens is 150 g/mol. The Labute approximate surface area is 72.0 Å². The highest BCUT2D eigenvalue weighted by molar-refractivity contribution is 5.30. The standard InChI is InChI=1S/C9H11N3/c1-7(2)3-4-8-5-12-9(10)6-11-8/h5-7H,1-2H3,(H2,10,12). The number of hydrogen-bond donors (Lipinski definition) is 1. The zero-order valence-electron chi connectivity index (χ0n) is 7.20. The van der Waals surface area contributed by atoms with Crippen LogP contribution in [0, 0.1) is 17.8 Å². The van der Waals surface area contributed by atoms with Crippen molar-refractivity contribution in [2.75, 3.05) is 5.73 Å². The summed E-state index contributed by atoms with van der Waals surface area (Å²) in [6.45, 7) is 4.05. The van der Waals surface area contributed by atoms with Gasteiger partial charge in [-0.1, -0.05) is 19.8 Å². The van der Waals surface area contributed by atoms with Crippen LogP contribution in [-0.2, 0) is 0 Å². The molecule has 0 atom stereocenters.